The van der Waals surface area contributed by atoms with E-state index in [1.54, 1.807) is 11.3 Å². The monoisotopic (exact) mass is 361 g/mol. The molecule has 2 aromatic carbocycles. The lowest BCUT2D eigenvalue weighted by Gasteiger charge is -2.16. The van der Waals surface area contributed by atoms with Crippen LogP contribution in [0.15, 0.2) is 59.6 Å². The van der Waals surface area contributed by atoms with Gasteiger partial charge in [0.1, 0.15) is 12.5 Å². The fourth-order valence-electron chi connectivity index (χ4n) is 3.17. The van der Waals surface area contributed by atoms with Crippen LogP contribution in [0, 0.1) is 13.8 Å². The van der Waals surface area contributed by atoms with Crippen molar-refractivity contribution >= 4 is 22.9 Å². The van der Waals surface area contributed by atoms with Crippen LogP contribution in [0.2, 0.25) is 0 Å². The topological polar surface area (TPSA) is 36.4 Å². The van der Waals surface area contributed by atoms with Crippen LogP contribution < -0.4 is 10.6 Å². The smallest absolute Gasteiger partial charge is 0.142 e. The van der Waals surface area contributed by atoms with Crippen LogP contribution in [0.1, 0.15) is 21.6 Å². The molecule has 3 nitrogen and oxygen atoms in total. The highest BCUT2D eigenvalue weighted by atomic mass is 32.1. The lowest BCUT2D eigenvalue weighted by molar-refractivity contribution is 0.858. The first kappa shape index (κ1) is 16.9. The van der Waals surface area contributed by atoms with Gasteiger partial charge >= 0.3 is 0 Å². The summed E-state index contributed by atoms with van der Waals surface area (Å²) in [5.74, 6) is 1.01. The van der Waals surface area contributed by atoms with Gasteiger partial charge in [-0.15, -0.1) is 11.3 Å². The quantitative estimate of drug-likeness (QED) is 0.686. The zero-order chi connectivity index (χ0) is 17.9. The summed E-state index contributed by atoms with van der Waals surface area (Å²) >= 11 is 1.80. The Balaban J connectivity index is 1.49. The molecule has 1 aliphatic rings. The molecule has 26 heavy (non-hydrogen) atoms. The number of thiophene rings is 1. The van der Waals surface area contributed by atoms with Crippen molar-refractivity contribution in [1.29, 1.82) is 0 Å². The number of aryl methyl sites for hydroxylation is 2. The maximum atomic E-state index is 4.65. The molecule has 2 N–H and O–H groups in total. The molecule has 1 aliphatic heterocycles. The second-order valence-electron chi connectivity index (χ2n) is 6.67. The maximum absolute atomic E-state index is 4.65. The van der Waals surface area contributed by atoms with Gasteiger partial charge in [0.05, 0.1) is 10.6 Å². The second kappa shape index (κ2) is 7.34. The van der Waals surface area contributed by atoms with Crippen molar-refractivity contribution in [3.05, 3.63) is 76.2 Å². The molecule has 0 saturated heterocycles. The fraction of sp³-hybridized carbons (Fsp3) is 0.227. The lowest BCUT2D eigenvalue weighted by Crippen LogP contribution is -2.29. The minimum Gasteiger partial charge on any atom is -0.369 e. The summed E-state index contributed by atoms with van der Waals surface area (Å²) in [6, 6.07) is 19.5. The molecule has 4 rings (SSSR count). The van der Waals surface area contributed by atoms with E-state index in [-0.39, 0.29) is 0 Å². The minimum atomic E-state index is 0.629. The Morgan fingerprint density at radius 1 is 1.08 bits per heavy atom. The van der Waals surface area contributed by atoms with Gasteiger partial charge in [-0.2, -0.15) is 0 Å². The average Bonchev–Trinajstić information content (AvgIpc) is 3.08. The first-order valence-electron chi connectivity index (χ1n) is 8.98. The molecule has 0 aliphatic carbocycles. The largest absolute Gasteiger partial charge is 0.369 e. The summed E-state index contributed by atoms with van der Waals surface area (Å²) in [7, 11) is 0. The third-order valence-corrected chi connectivity index (χ3v) is 5.87. The van der Waals surface area contributed by atoms with Crippen molar-refractivity contribution < 1.29 is 0 Å². The van der Waals surface area contributed by atoms with Crippen LogP contribution in [0.25, 0.3) is 10.4 Å². The van der Waals surface area contributed by atoms with E-state index in [0.717, 1.165) is 18.8 Å². The fourth-order valence-corrected chi connectivity index (χ4v) is 4.38. The number of nitrogens with one attached hydrogen (secondary N) is 2. The van der Waals surface area contributed by atoms with Crippen molar-refractivity contribution in [2.75, 3.05) is 18.5 Å². The van der Waals surface area contributed by atoms with Gasteiger partial charge in [-0.25, -0.2) is 4.99 Å². The van der Waals surface area contributed by atoms with Crippen LogP contribution in [-0.2, 0) is 6.42 Å². The number of fused-ring (bicyclic) bond motifs is 1. The molecule has 4 heteroatoms. The Labute approximate surface area is 158 Å². The van der Waals surface area contributed by atoms with Crippen molar-refractivity contribution in [1.82, 2.24) is 5.32 Å². The summed E-state index contributed by atoms with van der Waals surface area (Å²) in [6.45, 7) is 5.80. The number of hydrogen-bond donors (Lipinski definition) is 2. The summed E-state index contributed by atoms with van der Waals surface area (Å²) in [4.78, 5) is 7.14. The molecule has 0 amide bonds. The number of nitrogens with zero attached hydrogens (tertiary/aromatic N) is 1. The van der Waals surface area contributed by atoms with E-state index in [9.17, 15) is 0 Å². The lowest BCUT2D eigenvalue weighted by atomic mass is 10.1. The third-order valence-electron chi connectivity index (χ3n) is 4.69. The van der Waals surface area contributed by atoms with Crippen molar-refractivity contribution in [3.63, 3.8) is 0 Å². The van der Waals surface area contributed by atoms with Gasteiger partial charge in [0.2, 0.25) is 0 Å². The molecule has 3 aromatic rings. The molecule has 2 heterocycles. The highest BCUT2D eigenvalue weighted by Gasteiger charge is 2.18. The predicted molar refractivity (Wildman–Crippen MR) is 112 cm³/mol. The third kappa shape index (κ3) is 3.51. The van der Waals surface area contributed by atoms with Crippen LogP contribution in [0.3, 0.4) is 0 Å². The van der Waals surface area contributed by atoms with Gasteiger partial charge < -0.3 is 10.6 Å². The molecule has 1 aromatic heterocycles. The standard InChI is InChI=1S/C22H23N3S/c1-15-7-9-17(10-8-15)11-12-23-22-21-19(24-14-25-22)13-20(26-21)18-6-4-3-5-16(18)2/h3-10,13,24H,11-12,14H2,1-2H3,(H,23,25). The molecular weight excluding hydrogens is 338 g/mol. The molecule has 0 fully saturated rings. The predicted octanol–water partition coefficient (Wildman–Crippen LogP) is 4.99. The van der Waals surface area contributed by atoms with Gasteiger partial charge in [-0.3, -0.25) is 0 Å². The first-order valence-corrected chi connectivity index (χ1v) is 9.80. The average molecular weight is 362 g/mol. The van der Waals surface area contributed by atoms with Gasteiger partial charge in [0, 0.05) is 11.4 Å². The zero-order valence-electron chi connectivity index (χ0n) is 15.2. The van der Waals surface area contributed by atoms with Gasteiger partial charge in [0.15, 0.2) is 0 Å². The van der Waals surface area contributed by atoms with E-state index >= 15 is 0 Å². The number of anilines is 1. The van der Waals surface area contributed by atoms with Gasteiger partial charge in [-0.05, 0) is 43.0 Å². The van der Waals surface area contributed by atoms with E-state index in [2.05, 4.69) is 84.1 Å². The normalized spacial score (nSPS) is 12.9. The van der Waals surface area contributed by atoms with Gasteiger partial charge in [-0.1, -0.05) is 54.1 Å². The molecule has 0 unspecified atom stereocenters. The Kier molecular flexibility index (Phi) is 4.76. The first-order chi connectivity index (χ1) is 12.7. The molecular formula is C22H23N3S. The Morgan fingerprint density at radius 2 is 1.88 bits per heavy atom. The van der Waals surface area contributed by atoms with Crippen LogP contribution >= 0.6 is 11.3 Å². The van der Waals surface area contributed by atoms with E-state index in [0.29, 0.717) is 6.67 Å². The SMILES string of the molecule is Cc1ccc(CCNC2=NCNc3cc(-c4ccccc4C)sc32)cc1. The van der Waals surface area contributed by atoms with E-state index in [4.69, 9.17) is 0 Å². The number of amidine groups is 1. The number of aliphatic imine (C=N–C) groups is 1. The number of benzene rings is 2. The highest BCUT2D eigenvalue weighted by Crippen LogP contribution is 2.37. The van der Waals surface area contributed by atoms with Crippen molar-refractivity contribution in [3.8, 4) is 10.4 Å². The molecule has 0 bridgehead atoms. The Hall–Kier alpha value is -2.59. The second-order valence-corrected chi connectivity index (χ2v) is 7.72. The molecule has 0 radical (unpaired) electrons. The van der Waals surface area contributed by atoms with Crippen LogP contribution in [-0.4, -0.2) is 19.0 Å². The molecule has 0 spiro atoms. The van der Waals surface area contributed by atoms with E-state index in [1.165, 1.54) is 37.7 Å². The van der Waals surface area contributed by atoms with Gasteiger partial charge in [0.25, 0.3) is 0 Å². The number of rotatable bonds is 4. The van der Waals surface area contributed by atoms with Crippen LogP contribution in [0.4, 0.5) is 5.69 Å². The zero-order valence-corrected chi connectivity index (χ0v) is 16.0. The number of hydrogen-bond acceptors (Lipinski definition) is 4. The Bertz CT molecular complexity index is 938. The Morgan fingerprint density at radius 3 is 2.69 bits per heavy atom. The van der Waals surface area contributed by atoms with Crippen LogP contribution in [0.5, 0.6) is 0 Å². The highest BCUT2D eigenvalue weighted by molar-refractivity contribution is 7.18. The minimum absolute atomic E-state index is 0.629. The maximum Gasteiger partial charge on any atom is 0.142 e. The molecule has 132 valence electrons. The summed E-state index contributed by atoms with van der Waals surface area (Å²) in [6.07, 6.45) is 0.998. The molecule has 0 atom stereocenters. The summed E-state index contributed by atoms with van der Waals surface area (Å²) in [5.41, 5.74) is 6.44. The van der Waals surface area contributed by atoms with E-state index in [1.807, 2.05) is 0 Å². The van der Waals surface area contributed by atoms with E-state index < -0.39 is 0 Å². The summed E-state index contributed by atoms with van der Waals surface area (Å²) < 4.78 is 0. The molecule has 0 saturated carbocycles. The van der Waals surface area contributed by atoms with Crippen molar-refractivity contribution in [2.24, 2.45) is 4.99 Å². The van der Waals surface area contributed by atoms with Crippen molar-refractivity contribution in [2.45, 2.75) is 20.3 Å². The summed E-state index contributed by atoms with van der Waals surface area (Å²) in [5, 5.41) is 6.94.